The lowest BCUT2D eigenvalue weighted by atomic mass is 9.68. The third kappa shape index (κ3) is 16.7. The van der Waals surface area contributed by atoms with Gasteiger partial charge in [0.25, 0.3) is 0 Å². The van der Waals surface area contributed by atoms with Crippen LogP contribution in [0.3, 0.4) is 0 Å². The molecule has 2 aliphatic rings. The van der Waals surface area contributed by atoms with Crippen molar-refractivity contribution in [2.24, 2.45) is 22.3 Å². The van der Waals surface area contributed by atoms with E-state index in [1.54, 1.807) is 0 Å². The average Bonchev–Trinajstić information content (AvgIpc) is 2.93. The van der Waals surface area contributed by atoms with Crippen LogP contribution in [0.15, 0.2) is 0 Å². The molecule has 43 heavy (non-hydrogen) atoms. The van der Waals surface area contributed by atoms with Crippen molar-refractivity contribution in [2.75, 3.05) is 38.1 Å². The Bertz CT molecular complexity index is 867. The Morgan fingerprint density at radius 1 is 0.837 bits per heavy atom. The van der Waals surface area contributed by atoms with E-state index in [9.17, 15) is 24.3 Å². The number of halogens is 1. The summed E-state index contributed by atoms with van der Waals surface area (Å²) in [7, 11) is 0. The first-order valence-corrected chi connectivity index (χ1v) is 16.6. The molecule has 0 aromatic carbocycles. The molecule has 0 unspecified atom stereocenters. The summed E-state index contributed by atoms with van der Waals surface area (Å²) in [5, 5.41) is 28.1. The molecule has 12 nitrogen and oxygen atoms in total. The van der Waals surface area contributed by atoms with Gasteiger partial charge in [-0.25, -0.2) is 0 Å². The second kappa shape index (κ2) is 19.6. The van der Waals surface area contributed by atoms with Crippen molar-refractivity contribution in [2.45, 2.75) is 116 Å². The zero-order valence-corrected chi connectivity index (χ0v) is 27.9. The predicted molar refractivity (Wildman–Crippen MR) is 170 cm³/mol. The molecule has 0 heterocycles. The lowest BCUT2D eigenvalue weighted by Gasteiger charge is -2.39. The van der Waals surface area contributed by atoms with Gasteiger partial charge in [0.15, 0.2) is 0 Å². The number of hydrogen-bond acceptors (Lipinski definition) is 9. The fourth-order valence-electron chi connectivity index (χ4n) is 6.05. The minimum atomic E-state index is -0.789. The van der Waals surface area contributed by atoms with E-state index in [1.807, 2.05) is 20.8 Å². The number of carboxylic acid groups (broad SMARTS) is 2. The number of nitrogens with one attached hydrogen (secondary N) is 3. The highest BCUT2D eigenvalue weighted by molar-refractivity contribution is 9.09. The number of amides is 1. The standard InChI is InChI=1S/C17H32N2O4.C13H24BrN3O3/c1-16(2,3)23-15(22)6-9-17(12-14(20)21)7-4-13(5-8-17)19-11-10-18;14-8-11(18)17-6-5-16-10-1-3-13(9-15,4-2-10)7-12(19)20/h13,19H,4-12,18H2,1-3H3,(H,20,21);10,16H,1-9,15H2,(H,17,18)(H,19,20). The molecule has 2 fully saturated rings. The Balaban J connectivity index is 0.000000434. The van der Waals surface area contributed by atoms with Crippen molar-refractivity contribution in [3.63, 3.8) is 0 Å². The van der Waals surface area contributed by atoms with Gasteiger partial charge in [0.1, 0.15) is 5.60 Å². The Morgan fingerprint density at radius 2 is 1.33 bits per heavy atom. The number of esters is 1. The van der Waals surface area contributed by atoms with Gasteiger partial charge in [-0.05, 0) is 95.9 Å². The predicted octanol–water partition coefficient (Wildman–Crippen LogP) is 2.51. The van der Waals surface area contributed by atoms with Crippen molar-refractivity contribution >= 4 is 39.7 Å². The lowest BCUT2D eigenvalue weighted by molar-refractivity contribution is -0.156. The first-order valence-electron chi connectivity index (χ1n) is 15.5. The molecular weight excluding hydrogens is 622 g/mol. The molecule has 0 radical (unpaired) electrons. The first-order chi connectivity index (χ1) is 20.2. The maximum absolute atomic E-state index is 11.9. The minimum Gasteiger partial charge on any atom is -0.481 e. The number of nitrogens with two attached hydrogens (primary N) is 2. The summed E-state index contributed by atoms with van der Waals surface area (Å²) in [6, 6.07) is 0.798. The van der Waals surface area contributed by atoms with Gasteiger partial charge in [0.05, 0.1) is 18.2 Å². The molecule has 0 bridgehead atoms. The summed E-state index contributed by atoms with van der Waals surface area (Å²) in [5.41, 5.74) is 10.3. The summed E-state index contributed by atoms with van der Waals surface area (Å²) in [5.74, 6) is -1.81. The Labute approximate surface area is 265 Å². The molecule has 13 heteroatoms. The molecule has 0 aromatic rings. The number of aliphatic carboxylic acids is 2. The van der Waals surface area contributed by atoms with Gasteiger partial charge < -0.3 is 42.4 Å². The van der Waals surface area contributed by atoms with Gasteiger partial charge in [-0.15, -0.1) is 0 Å². The third-order valence-corrected chi connectivity index (χ3v) is 8.95. The molecule has 0 aliphatic heterocycles. The first kappa shape index (κ1) is 39.2. The number of rotatable bonds is 16. The molecule has 2 saturated carbocycles. The van der Waals surface area contributed by atoms with E-state index in [0.29, 0.717) is 43.5 Å². The maximum Gasteiger partial charge on any atom is 0.306 e. The van der Waals surface area contributed by atoms with E-state index in [0.717, 1.165) is 64.5 Å². The highest BCUT2D eigenvalue weighted by atomic mass is 79.9. The van der Waals surface area contributed by atoms with Crippen molar-refractivity contribution in [3.05, 3.63) is 0 Å². The second-order valence-electron chi connectivity index (χ2n) is 13.2. The second-order valence-corrected chi connectivity index (χ2v) is 13.7. The van der Waals surface area contributed by atoms with E-state index < -0.39 is 17.5 Å². The van der Waals surface area contributed by atoms with Crippen LogP contribution in [0.1, 0.15) is 97.8 Å². The summed E-state index contributed by atoms with van der Waals surface area (Å²) < 4.78 is 5.34. The smallest absolute Gasteiger partial charge is 0.306 e. The van der Waals surface area contributed by atoms with Crippen LogP contribution in [0.4, 0.5) is 0 Å². The summed E-state index contributed by atoms with van der Waals surface area (Å²) in [6.07, 6.45) is 8.24. The van der Waals surface area contributed by atoms with Gasteiger partial charge in [-0.1, -0.05) is 15.9 Å². The highest BCUT2D eigenvalue weighted by Crippen LogP contribution is 2.43. The Morgan fingerprint density at radius 3 is 1.77 bits per heavy atom. The fraction of sp³-hybridized carbons (Fsp3) is 0.867. The normalized spacial score (nSPS) is 25.6. The topological polar surface area (TPSA) is 206 Å². The van der Waals surface area contributed by atoms with Crippen LogP contribution >= 0.6 is 15.9 Å². The van der Waals surface area contributed by atoms with Crippen molar-refractivity contribution < 1.29 is 34.1 Å². The van der Waals surface area contributed by atoms with Crippen molar-refractivity contribution in [3.8, 4) is 0 Å². The highest BCUT2D eigenvalue weighted by Gasteiger charge is 2.38. The molecule has 0 aromatic heterocycles. The molecule has 9 N–H and O–H groups in total. The SMILES string of the molecule is CC(C)(C)OC(=O)CCC1(CC(=O)O)CCC(NCCN)CC1.NCC1(CC(=O)O)CCC(NCCNC(=O)CBr)CC1. The summed E-state index contributed by atoms with van der Waals surface area (Å²) >= 11 is 3.09. The van der Waals surface area contributed by atoms with Crippen LogP contribution in [-0.4, -0.2) is 89.8 Å². The van der Waals surface area contributed by atoms with Crippen LogP contribution < -0.4 is 27.4 Å². The molecular formula is C30H56BrN5O7. The number of carbonyl (C=O) groups excluding carboxylic acids is 2. The largest absolute Gasteiger partial charge is 0.481 e. The van der Waals surface area contributed by atoms with Crippen LogP contribution in [0.2, 0.25) is 0 Å². The minimum absolute atomic E-state index is 0.0148. The fourth-order valence-corrected chi connectivity index (χ4v) is 6.25. The van der Waals surface area contributed by atoms with E-state index >= 15 is 0 Å². The zero-order valence-electron chi connectivity index (χ0n) is 26.4. The molecule has 0 saturated heterocycles. The number of carbonyl (C=O) groups is 4. The molecule has 1 amide bonds. The quantitative estimate of drug-likeness (QED) is 0.0717. The Hall–Kier alpha value is -1.80. The average molecular weight is 679 g/mol. The Kier molecular flexibility index (Phi) is 17.8. The van der Waals surface area contributed by atoms with E-state index in [-0.39, 0.29) is 42.0 Å². The number of alkyl halides is 1. The van der Waals surface area contributed by atoms with Crippen LogP contribution in [0.25, 0.3) is 0 Å². The van der Waals surface area contributed by atoms with Gasteiger partial charge >= 0.3 is 17.9 Å². The number of ether oxygens (including phenoxy) is 1. The van der Waals surface area contributed by atoms with Gasteiger partial charge in [0, 0.05) is 44.7 Å². The number of carboxylic acids is 2. The monoisotopic (exact) mass is 677 g/mol. The maximum atomic E-state index is 11.9. The van der Waals surface area contributed by atoms with Gasteiger partial charge in [0.2, 0.25) is 5.91 Å². The van der Waals surface area contributed by atoms with Crippen LogP contribution in [0, 0.1) is 10.8 Å². The van der Waals surface area contributed by atoms with Crippen LogP contribution in [0.5, 0.6) is 0 Å². The van der Waals surface area contributed by atoms with E-state index in [2.05, 4.69) is 31.9 Å². The van der Waals surface area contributed by atoms with Gasteiger partial charge in [-0.3, -0.25) is 19.2 Å². The summed E-state index contributed by atoms with van der Waals surface area (Å²) in [6.45, 7) is 8.69. The van der Waals surface area contributed by atoms with Gasteiger partial charge in [-0.2, -0.15) is 0 Å². The third-order valence-electron chi connectivity index (χ3n) is 8.44. The summed E-state index contributed by atoms with van der Waals surface area (Å²) in [4.78, 5) is 45.1. The zero-order chi connectivity index (χ0) is 32.5. The molecule has 250 valence electrons. The van der Waals surface area contributed by atoms with Crippen molar-refractivity contribution in [1.82, 2.24) is 16.0 Å². The molecule has 0 atom stereocenters. The van der Waals surface area contributed by atoms with Crippen LogP contribution in [-0.2, 0) is 23.9 Å². The lowest BCUT2D eigenvalue weighted by Crippen LogP contribution is -2.44. The van der Waals surface area contributed by atoms with Crippen molar-refractivity contribution in [1.29, 1.82) is 0 Å². The molecule has 2 rings (SSSR count). The molecule has 2 aliphatic carbocycles. The van der Waals surface area contributed by atoms with E-state index in [4.69, 9.17) is 21.3 Å². The van der Waals surface area contributed by atoms with E-state index in [1.165, 1.54) is 0 Å². The number of hydrogen-bond donors (Lipinski definition) is 7. The molecule has 0 spiro atoms.